The Morgan fingerprint density at radius 2 is 1.63 bits per heavy atom. The van der Waals surface area contributed by atoms with E-state index >= 15 is 0 Å². The van der Waals surface area contributed by atoms with Gasteiger partial charge in [0.1, 0.15) is 10.7 Å². The van der Waals surface area contributed by atoms with Crippen molar-refractivity contribution in [2.75, 3.05) is 34.9 Å². The first kappa shape index (κ1) is 29.7. The average Bonchev–Trinajstić information content (AvgIpc) is 3.43. The number of aromatic nitrogens is 4. The van der Waals surface area contributed by atoms with Gasteiger partial charge in [0.2, 0.25) is 0 Å². The Kier molecular flexibility index (Phi) is 9.01. The van der Waals surface area contributed by atoms with Crippen molar-refractivity contribution < 1.29 is 17.6 Å². The first-order valence-electron chi connectivity index (χ1n) is 13.2. The highest BCUT2D eigenvalue weighted by atomic mass is 32.2. The fourth-order valence-corrected chi connectivity index (χ4v) is 5.36. The van der Waals surface area contributed by atoms with Crippen molar-refractivity contribution in [3.8, 4) is 22.5 Å². The van der Waals surface area contributed by atoms with Gasteiger partial charge in [-0.1, -0.05) is 58.0 Å². The number of benzene rings is 3. The van der Waals surface area contributed by atoms with E-state index in [1.165, 1.54) is 6.07 Å². The molecule has 216 valence electrons. The van der Waals surface area contributed by atoms with Crippen LogP contribution in [0.3, 0.4) is 0 Å². The van der Waals surface area contributed by atoms with E-state index in [4.69, 9.17) is 0 Å². The molecule has 10 nitrogen and oxygen atoms in total. The Labute approximate surface area is 239 Å². The van der Waals surface area contributed by atoms with E-state index in [1.54, 1.807) is 0 Å². The van der Waals surface area contributed by atoms with E-state index < -0.39 is 26.6 Å². The molecule has 0 saturated heterocycles. The molecule has 0 atom stereocenters. The molecule has 0 saturated carbocycles. The lowest BCUT2D eigenvalue weighted by atomic mass is 9.97. The summed E-state index contributed by atoms with van der Waals surface area (Å²) in [5.74, 6) is 0.357. The summed E-state index contributed by atoms with van der Waals surface area (Å²) in [5.41, 5.74) is 4.01. The van der Waals surface area contributed by atoms with Crippen molar-refractivity contribution in [1.82, 2.24) is 20.6 Å². The van der Waals surface area contributed by atoms with Gasteiger partial charge in [-0.25, -0.2) is 22.7 Å². The van der Waals surface area contributed by atoms with Crippen LogP contribution < -0.4 is 15.5 Å². The maximum atomic E-state index is 14.1. The number of anilines is 3. The van der Waals surface area contributed by atoms with Gasteiger partial charge in [0.15, 0.2) is 15.7 Å². The minimum atomic E-state index is -3.82. The van der Waals surface area contributed by atoms with E-state index in [-0.39, 0.29) is 5.69 Å². The molecule has 1 heterocycles. The van der Waals surface area contributed by atoms with Gasteiger partial charge >= 0.3 is 6.03 Å². The molecule has 3 N–H and O–H groups in total. The number of hydrogen-bond acceptors (Lipinski definition) is 7. The Balaban J connectivity index is 1.75. The molecule has 0 radical (unpaired) electrons. The maximum absolute atomic E-state index is 14.1. The van der Waals surface area contributed by atoms with Crippen LogP contribution in [0.4, 0.5) is 26.2 Å². The second-order valence-electron chi connectivity index (χ2n) is 10.7. The van der Waals surface area contributed by atoms with Crippen LogP contribution in [-0.4, -0.2) is 54.4 Å². The van der Waals surface area contributed by atoms with Gasteiger partial charge < -0.3 is 15.5 Å². The molecular formula is C29H34FN7O3S. The number of carbonyl (C=O) groups is 1. The van der Waals surface area contributed by atoms with Crippen molar-refractivity contribution in [2.45, 2.75) is 32.6 Å². The van der Waals surface area contributed by atoms with Gasteiger partial charge in [0.05, 0.1) is 11.4 Å². The van der Waals surface area contributed by atoms with E-state index in [0.717, 1.165) is 53.9 Å². The van der Waals surface area contributed by atoms with Crippen molar-refractivity contribution in [1.29, 1.82) is 0 Å². The van der Waals surface area contributed by atoms with E-state index in [1.807, 2.05) is 42.5 Å². The van der Waals surface area contributed by atoms with Crippen LogP contribution in [0.5, 0.6) is 0 Å². The predicted molar refractivity (Wildman–Crippen MR) is 159 cm³/mol. The van der Waals surface area contributed by atoms with Crippen molar-refractivity contribution in [3.63, 3.8) is 0 Å². The van der Waals surface area contributed by atoms with Gasteiger partial charge in [0, 0.05) is 30.6 Å². The summed E-state index contributed by atoms with van der Waals surface area (Å²) in [6.07, 6.45) is 0.914. The summed E-state index contributed by atoms with van der Waals surface area (Å²) < 4.78 is 38.1. The fourth-order valence-electron chi connectivity index (χ4n) is 4.60. The minimum Gasteiger partial charge on any atom is -0.369 e. The summed E-state index contributed by atoms with van der Waals surface area (Å²) in [6, 6.07) is 16.3. The number of sulfone groups is 1. The van der Waals surface area contributed by atoms with Gasteiger partial charge in [0.25, 0.3) is 0 Å². The third-order valence-corrected chi connectivity index (χ3v) is 7.30. The van der Waals surface area contributed by atoms with Gasteiger partial charge in [-0.2, -0.15) is 0 Å². The van der Waals surface area contributed by atoms with Crippen LogP contribution in [0.15, 0.2) is 65.6 Å². The molecule has 0 bridgehead atoms. The molecule has 0 aliphatic rings. The molecule has 3 aromatic carbocycles. The van der Waals surface area contributed by atoms with Crippen molar-refractivity contribution >= 4 is 32.9 Å². The lowest BCUT2D eigenvalue weighted by Crippen LogP contribution is -2.32. The summed E-state index contributed by atoms with van der Waals surface area (Å²) in [7, 11) is -3.82. The zero-order chi connectivity index (χ0) is 29.7. The topological polar surface area (TPSA) is 133 Å². The molecule has 0 spiro atoms. The van der Waals surface area contributed by atoms with Gasteiger partial charge in [-0.15, -0.1) is 5.10 Å². The lowest BCUT2D eigenvalue weighted by Gasteiger charge is -2.31. The monoisotopic (exact) mass is 579 g/mol. The van der Waals surface area contributed by atoms with Crippen LogP contribution >= 0.6 is 0 Å². The highest BCUT2D eigenvalue weighted by molar-refractivity contribution is 7.90. The molecule has 4 aromatic rings. The quantitative estimate of drug-likeness (QED) is 0.215. The number of nitrogens with one attached hydrogen (secondary N) is 3. The molecular weight excluding hydrogens is 545 g/mol. The average molecular weight is 580 g/mol. The number of halogens is 1. The zero-order valence-corrected chi connectivity index (χ0v) is 24.5. The molecule has 0 aliphatic heterocycles. The normalized spacial score (nSPS) is 11.6. The highest BCUT2D eigenvalue weighted by Crippen LogP contribution is 2.36. The number of urea groups is 1. The summed E-state index contributed by atoms with van der Waals surface area (Å²) in [4.78, 5) is 15.0. The SMILES string of the molecule is CC(C)CN(CC(C)C)c1ccc(-c2ccccc2-c2nnn[nH]2)cc1NC(=O)Nc1ccc(F)c(S(C)(=O)=O)c1. The molecule has 0 fully saturated rings. The summed E-state index contributed by atoms with van der Waals surface area (Å²) >= 11 is 0. The minimum absolute atomic E-state index is 0.145. The number of H-pyrrole nitrogens is 1. The number of carbonyl (C=O) groups excluding carboxylic acids is 1. The highest BCUT2D eigenvalue weighted by Gasteiger charge is 2.20. The third kappa shape index (κ3) is 7.46. The summed E-state index contributed by atoms with van der Waals surface area (Å²) in [5, 5.41) is 19.8. The van der Waals surface area contributed by atoms with Gasteiger partial charge in [-0.3, -0.25) is 0 Å². The molecule has 2 amide bonds. The van der Waals surface area contributed by atoms with E-state index in [9.17, 15) is 17.6 Å². The maximum Gasteiger partial charge on any atom is 0.323 e. The Hall–Kier alpha value is -4.32. The predicted octanol–water partition coefficient (Wildman–Crippen LogP) is 5.84. The van der Waals surface area contributed by atoms with E-state index in [0.29, 0.717) is 23.3 Å². The molecule has 0 unspecified atom stereocenters. The molecule has 0 aliphatic carbocycles. The smallest absolute Gasteiger partial charge is 0.323 e. The Morgan fingerprint density at radius 1 is 0.951 bits per heavy atom. The first-order chi connectivity index (χ1) is 19.4. The van der Waals surface area contributed by atoms with Crippen LogP contribution in [0, 0.1) is 17.7 Å². The molecule has 41 heavy (non-hydrogen) atoms. The number of rotatable bonds is 10. The molecule has 12 heteroatoms. The number of amides is 2. The second kappa shape index (κ2) is 12.5. The van der Waals surface area contributed by atoms with Crippen molar-refractivity contribution in [2.24, 2.45) is 11.8 Å². The van der Waals surface area contributed by atoms with Crippen LogP contribution in [0.25, 0.3) is 22.5 Å². The van der Waals surface area contributed by atoms with Crippen molar-refractivity contribution in [3.05, 3.63) is 66.5 Å². The zero-order valence-electron chi connectivity index (χ0n) is 23.6. The Bertz CT molecular complexity index is 1610. The van der Waals surface area contributed by atoms with Crippen LogP contribution in [0.2, 0.25) is 0 Å². The first-order valence-corrected chi connectivity index (χ1v) is 15.1. The number of hydrogen-bond donors (Lipinski definition) is 3. The van der Waals surface area contributed by atoms with E-state index in [2.05, 4.69) is 63.9 Å². The number of aromatic amines is 1. The van der Waals surface area contributed by atoms with Crippen LogP contribution in [0.1, 0.15) is 27.7 Å². The fraction of sp³-hybridized carbons (Fsp3) is 0.310. The largest absolute Gasteiger partial charge is 0.369 e. The number of tetrazole rings is 1. The lowest BCUT2D eigenvalue weighted by molar-refractivity contribution is 0.262. The molecule has 4 rings (SSSR count). The standard InChI is InChI=1S/C29H34FN7O3S/c1-18(2)16-37(17-19(3)4)26-13-10-20(22-8-6-7-9-23(22)28-33-35-36-34-28)14-25(26)32-29(38)31-21-11-12-24(30)27(15-21)41(5,39)40/h6-15,18-19H,16-17H2,1-5H3,(H2,31,32,38)(H,33,34,35,36). The molecule has 1 aromatic heterocycles. The summed E-state index contributed by atoms with van der Waals surface area (Å²) in [6.45, 7) is 10.1. The third-order valence-electron chi connectivity index (χ3n) is 6.18. The number of nitrogens with zero attached hydrogens (tertiary/aromatic N) is 4. The second-order valence-corrected chi connectivity index (χ2v) is 12.7. The van der Waals surface area contributed by atoms with Crippen LogP contribution in [-0.2, 0) is 9.84 Å². The van der Waals surface area contributed by atoms with Gasteiger partial charge in [-0.05, 0) is 63.7 Å². The Morgan fingerprint density at radius 3 is 2.24 bits per heavy atom.